The maximum atomic E-state index is 13.4. The van der Waals surface area contributed by atoms with Gasteiger partial charge in [-0.05, 0) is 57.4 Å². The standard InChI is InChI=1S/C29H47N3O5S/c1-20(19-38(5,36)37)27(34)30-24(15-21-11-7-6-8-12-21)26(33)18-32-17-23-14-10-9-13-22(23)16-25(32)28(35)31-29(2,3)4/h6-8,11-12,20,22-26,33H,9-10,13-19H2,1-5H3,(H,30,34)(H,31,35)/t20-,22-,23+,24-,25-,26+/m0/s1. The zero-order valence-corrected chi connectivity index (χ0v) is 24.5. The first-order chi connectivity index (χ1) is 17.7. The highest BCUT2D eigenvalue weighted by Gasteiger charge is 2.41. The fourth-order valence-corrected chi connectivity index (χ4v) is 7.06. The van der Waals surface area contributed by atoms with Crippen LogP contribution in [0.25, 0.3) is 0 Å². The summed E-state index contributed by atoms with van der Waals surface area (Å²) in [4.78, 5) is 28.5. The van der Waals surface area contributed by atoms with Crippen molar-refractivity contribution in [3.8, 4) is 0 Å². The number of carbonyl (C=O) groups excluding carboxylic acids is 2. The van der Waals surface area contributed by atoms with E-state index in [4.69, 9.17) is 0 Å². The number of aliphatic hydroxyl groups is 1. The zero-order chi connectivity index (χ0) is 28.1. The second-order valence-corrected chi connectivity index (χ2v) is 14.8. The Bertz CT molecular complexity index is 1040. The Hall–Kier alpha value is -1.97. The first-order valence-corrected chi connectivity index (χ1v) is 16.0. The highest BCUT2D eigenvalue weighted by molar-refractivity contribution is 7.90. The van der Waals surface area contributed by atoms with Crippen molar-refractivity contribution in [3.63, 3.8) is 0 Å². The number of likely N-dealkylation sites (tertiary alicyclic amines) is 1. The molecule has 0 aromatic heterocycles. The van der Waals surface area contributed by atoms with Gasteiger partial charge in [0.25, 0.3) is 0 Å². The molecule has 0 bridgehead atoms. The van der Waals surface area contributed by atoms with Crippen molar-refractivity contribution in [2.24, 2.45) is 17.8 Å². The topological polar surface area (TPSA) is 116 Å². The van der Waals surface area contributed by atoms with Gasteiger partial charge in [-0.15, -0.1) is 0 Å². The van der Waals surface area contributed by atoms with E-state index in [1.54, 1.807) is 6.92 Å². The highest BCUT2D eigenvalue weighted by Crippen LogP contribution is 2.39. The van der Waals surface area contributed by atoms with E-state index in [1.165, 1.54) is 12.8 Å². The van der Waals surface area contributed by atoms with Gasteiger partial charge < -0.3 is 15.7 Å². The van der Waals surface area contributed by atoms with Crippen molar-refractivity contribution in [1.29, 1.82) is 0 Å². The van der Waals surface area contributed by atoms with Crippen LogP contribution in [0, 0.1) is 17.8 Å². The Labute approximate surface area is 228 Å². The summed E-state index contributed by atoms with van der Waals surface area (Å²) >= 11 is 0. The number of amides is 2. The molecule has 1 aromatic carbocycles. The van der Waals surface area contributed by atoms with Gasteiger partial charge in [0.05, 0.1) is 23.9 Å². The quantitative estimate of drug-likeness (QED) is 0.413. The number of aliphatic hydroxyl groups excluding tert-OH is 1. The van der Waals surface area contributed by atoms with E-state index in [2.05, 4.69) is 15.5 Å². The molecule has 6 atom stereocenters. The predicted molar refractivity (Wildman–Crippen MR) is 150 cm³/mol. The Balaban J connectivity index is 1.80. The molecule has 0 spiro atoms. The van der Waals surface area contributed by atoms with Gasteiger partial charge in [-0.25, -0.2) is 8.42 Å². The van der Waals surface area contributed by atoms with E-state index in [0.29, 0.717) is 18.3 Å². The Kier molecular flexibility index (Phi) is 10.4. The lowest BCUT2D eigenvalue weighted by Gasteiger charge is -2.47. The summed E-state index contributed by atoms with van der Waals surface area (Å²) in [5.74, 6) is -0.380. The first kappa shape index (κ1) is 30.6. The predicted octanol–water partition coefficient (Wildman–Crippen LogP) is 2.55. The molecule has 214 valence electrons. The van der Waals surface area contributed by atoms with Gasteiger partial charge in [-0.1, -0.05) is 56.5 Å². The van der Waals surface area contributed by atoms with Crippen LogP contribution >= 0.6 is 0 Å². The third-order valence-electron chi connectivity index (χ3n) is 7.82. The third kappa shape index (κ3) is 9.35. The number of hydrogen-bond donors (Lipinski definition) is 3. The number of carbonyl (C=O) groups is 2. The van der Waals surface area contributed by atoms with Crippen LogP contribution in [0.5, 0.6) is 0 Å². The summed E-state index contributed by atoms with van der Waals surface area (Å²) in [6.45, 7) is 8.51. The van der Waals surface area contributed by atoms with Crippen LogP contribution in [0.4, 0.5) is 0 Å². The average Bonchev–Trinajstić information content (AvgIpc) is 2.81. The van der Waals surface area contributed by atoms with Gasteiger partial charge >= 0.3 is 0 Å². The maximum Gasteiger partial charge on any atom is 0.237 e. The molecule has 1 aliphatic heterocycles. The Morgan fingerprint density at radius 2 is 1.74 bits per heavy atom. The van der Waals surface area contributed by atoms with Crippen molar-refractivity contribution in [2.75, 3.05) is 25.1 Å². The van der Waals surface area contributed by atoms with Crippen LogP contribution in [0.15, 0.2) is 30.3 Å². The van der Waals surface area contributed by atoms with Crippen LogP contribution in [-0.2, 0) is 25.8 Å². The molecule has 38 heavy (non-hydrogen) atoms. The summed E-state index contributed by atoms with van der Waals surface area (Å²) < 4.78 is 23.5. The zero-order valence-electron chi connectivity index (χ0n) is 23.7. The molecule has 1 saturated carbocycles. The number of sulfone groups is 1. The number of piperidine rings is 1. The van der Waals surface area contributed by atoms with Gasteiger partial charge in [-0.3, -0.25) is 14.5 Å². The normalized spacial score (nSPS) is 25.1. The highest BCUT2D eigenvalue weighted by atomic mass is 32.2. The minimum absolute atomic E-state index is 0.0147. The van der Waals surface area contributed by atoms with E-state index in [-0.39, 0.29) is 29.8 Å². The fourth-order valence-electron chi connectivity index (χ4n) is 6.00. The molecule has 2 fully saturated rings. The molecule has 3 rings (SSSR count). The second kappa shape index (κ2) is 12.9. The fraction of sp³-hybridized carbons (Fsp3) is 0.724. The van der Waals surface area contributed by atoms with Gasteiger partial charge in [0.15, 0.2) is 0 Å². The number of nitrogens with zero attached hydrogens (tertiary/aromatic N) is 1. The molecule has 9 heteroatoms. The van der Waals surface area contributed by atoms with E-state index in [0.717, 1.165) is 37.6 Å². The lowest BCUT2D eigenvalue weighted by molar-refractivity contribution is -0.133. The lowest BCUT2D eigenvalue weighted by Crippen LogP contribution is -2.60. The molecule has 8 nitrogen and oxygen atoms in total. The smallest absolute Gasteiger partial charge is 0.237 e. The monoisotopic (exact) mass is 549 g/mol. The summed E-state index contributed by atoms with van der Waals surface area (Å²) in [6.07, 6.45) is 6.04. The number of nitrogens with one attached hydrogen (secondary N) is 2. The molecule has 1 aromatic rings. The summed E-state index contributed by atoms with van der Waals surface area (Å²) in [5, 5.41) is 17.6. The minimum Gasteiger partial charge on any atom is -0.390 e. The van der Waals surface area contributed by atoms with Crippen molar-refractivity contribution in [2.45, 2.75) is 89.9 Å². The number of benzene rings is 1. The number of rotatable bonds is 10. The summed E-state index contributed by atoms with van der Waals surface area (Å²) in [6, 6.07) is 8.66. The van der Waals surface area contributed by atoms with Gasteiger partial charge in [0, 0.05) is 30.8 Å². The first-order valence-electron chi connectivity index (χ1n) is 14.0. The van der Waals surface area contributed by atoms with Gasteiger partial charge in [0.1, 0.15) is 9.84 Å². The van der Waals surface area contributed by atoms with E-state index >= 15 is 0 Å². The molecule has 1 heterocycles. The maximum absolute atomic E-state index is 13.4. The average molecular weight is 550 g/mol. The van der Waals surface area contributed by atoms with Crippen LogP contribution in [0.3, 0.4) is 0 Å². The molecule has 0 unspecified atom stereocenters. The largest absolute Gasteiger partial charge is 0.390 e. The molecule has 1 saturated heterocycles. The third-order valence-corrected chi connectivity index (χ3v) is 8.92. The number of β-amino-alcohol motifs (C(OH)–C–C–N with tert-alkyl or cyclic N) is 1. The molecule has 2 amide bonds. The molecular weight excluding hydrogens is 502 g/mol. The van der Waals surface area contributed by atoms with Crippen LogP contribution in [0.2, 0.25) is 0 Å². The second-order valence-electron chi connectivity index (χ2n) is 12.6. The van der Waals surface area contributed by atoms with E-state index in [9.17, 15) is 23.1 Å². The molecule has 0 radical (unpaired) electrons. The number of hydrogen-bond acceptors (Lipinski definition) is 6. The van der Waals surface area contributed by atoms with Crippen LogP contribution < -0.4 is 10.6 Å². The van der Waals surface area contributed by atoms with E-state index in [1.807, 2.05) is 51.1 Å². The number of fused-ring (bicyclic) bond motifs is 1. The lowest BCUT2D eigenvalue weighted by atomic mass is 9.72. The van der Waals surface area contributed by atoms with Crippen molar-refractivity contribution >= 4 is 21.7 Å². The van der Waals surface area contributed by atoms with Crippen LogP contribution in [0.1, 0.15) is 65.4 Å². The van der Waals surface area contributed by atoms with Crippen LogP contribution in [-0.4, -0.2) is 79.1 Å². The SMILES string of the molecule is C[C@@H](CS(C)(=O)=O)C(=O)N[C@@H](Cc1ccccc1)[C@H](O)CN1C[C@H]2CCCC[C@H]2C[C@H]1C(=O)NC(C)(C)C. The van der Waals surface area contributed by atoms with Crippen molar-refractivity contribution in [3.05, 3.63) is 35.9 Å². The molecule has 1 aliphatic carbocycles. The molecule has 2 aliphatic rings. The Morgan fingerprint density at radius 3 is 2.34 bits per heavy atom. The molecular formula is C29H47N3O5S. The summed E-state index contributed by atoms with van der Waals surface area (Å²) in [5.41, 5.74) is 0.602. The van der Waals surface area contributed by atoms with Crippen molar-refractivity contribution in [1.82, 2.24) is 15.5 Å². The molecule has 3 N–H and O–H groups in total. The minimum atomic E-state index is -3.33. The summed E-state index contributed by atoms with van der Waals surface area (Å²) in [7, 11) is -3.33. The van der Waals surface area contributed by atoms with E-state index < -0.39 is 33.8 Å². The van der Waals surface area contributed by atoms with Gasteiger partial charge in [0.2, 0.25) is 11.8 Å². The van der Waals surface area contributed by atoms with Gasteiger partial charge in [-0.2, -0.15) is 0 Å². The van der Waals surface area contributed by atoms with Crippen molar-refractivity contribution < 1.29 is 23.1 Å². The Morgan fingerprint density at radius 1 is 1.11 bits per heavy atom.